The number of nitrogens with zero attached hydrogens (tertiary/aromatic N) is 2. The van der Waals surface area contributed by atoms with Gasteiger partial charge in [-0.3, -0.25) is 0 Å². The Labute approximate surface area is 88.5 Å². The van der Waals surface area contributed by atoms with Crippen molar-refractivity contribution < 1.29 is 8.78 Å². The van der Waals surface area contributed by atoms with Crippen LogP contribution in [0.4, 0.5) is 8.78 Å². The van der Waals surface area contributed by atoms with Crippen LogP contribution in [-0.2, 0) is 5.92 Å². The van der Waals surface area contributed by atoms with E-state index in [9.17, 15) is 8.78 Å². The number of rotatable bonds is 2. The number of fused-ring (bicyclic) bond motifs is 1. The molecule has 0 aliphatic rings. The summed E-state index contributed by atoms with van der Waals surface area (Å²) in [6.07, 6.45) is 2.35. The molecule has 0 aliphatic carbocycles. The van der Waals surface area contributed by atoms with Crippen LogP contribution >= 0.6 is 11.6 Å². The first kappa shape index (κ1) is 10.3. The molecule has 0 aromatic carbocycles. The topological polar surface area (TPSA) is 67.6 Å². The number of aromatic amines is 1. The molecule has 2 aromatic rings. The number of alkyl halides is 2. The van der Waals surface area contributed by atoms with Gasteiger partial charge in [-0.1, -0.05) is 11.6 Å². The minimum absolute atomic E-state index is 0.00984. The van der Waals surface area contributed by atoms with E-state index in [0.29, 0.717) is 0 Å². The summed E-state index contributed by atoms with van der Waals surface area (Å²) in [7, 11) is 0. The molecule has 0 bridgehead atoms. The molecule has 0 spiro atoms. The van der Waals surface area contributed by atoms with Crippen molar-refractivity contribution in [1.29, 1.82) is 0 Å². The lowest BCUT2D eigenvalue weighted by Crippen LogP contribution is -2.24. The molecule has 0 saturated carbocycles. The van der Waals surface area contributed by atoms with Crippen molar-refractivity contribution in [1.82, 2.24) is 15.0 Å². The third-order valence-electron chi connectivity index (χ3n) is 2.07. The number of nitrogens with one attached hydrogen (secondary N) is 1. The summed E-state index contributed by atoms with van der Waals surface area (Å²) in [6.45, 7) is -0.787. The van der Waals surface area contributed by atoms with E-state index < -0.39 is 12.5 Å². The molecule has 15 heavy (non-hydrogen) atoms. The van der Waals surface area contributed by atoms with E-state index in [1.807, 2.05) is 0 Å². The van der Waals surface area contributed by atoms with E-state index in [0.717, 1.165) is 6.20 Å². The Kier molecular flexibility index (Phi) is 2.32. The molecule has 0 unspecified atom stereocenters. The monoisotopic (exact) mass is 232 g/mol. The fourth-order valence-electron chi connectivity index (χ4n) is 1.32. The SMILES string of the molecule is NCC(F)(F)c1c[nH]c2ncnc(Cl)c12. The summed E-state index contributed by atoms with van der Waals surface area (Å²) in [6, 6.07) is 0. The van der Waals surface area contributed by atoms with Gasteiger partial charge in [0.25, 0.3) is 5.92 Å². The summed E-state index contributed by atoms with van der Waals surface area (Å²) in [5.41, 5.74) is 4.99. The quantitative estimate of drug-likeness (QED) is 0.774. The maximum Gasteiger partial charge on any atom is 0.287 e. The third-order valence-corrected chi connectivity index (χ3v) is 2.36. The summed E-state index contributed by atoms with van der Waals surface area (Å²) in [5.74, 6) is -3.13. The van der Waals surface area contributed by atoms with Gasteiger partial charge in [-0.05, 0) is 0 Å². The standard InChI is InChI=1S/C8H7ClF2N4/c9-6-5-4(8(10,11)2-12)1-13-7(5)15-3-14-6/h1,3H,2,12H2,(H,13,14,15). The molecule has 4 nitrogen and oxygen atoms in total. The van der Waals surface area contributed by atoms with Gasteiger partial charge in [0.15, 0.2) is 0 Å². The molecule has 80 valence electrons. The van der Waals surface area contributed by atoms with Crippen molar-refractivity contribution >= 4 is 22.6 Å². The number of hydrogen-bond donors (Lipinski definition) is 2. The van der Waals surface area contributed by atoms with Crippen LogP contribution in [0.1, 0.15) is 5.56 Å². The normalized spacial score (nSPS) is 12.3. The first-order valence-electron chi connectivity index (χ1n) is 4.12. The van der Waals surface area contributed by atoms with Gasteiger partial charge in [-0.25, -0.2) is 9.97 Å². The van der Waals surface area contributed by atoms with E-state index in [1.165, 1.54) is 6.33 Å². The second kappa shape index (κ2) is 3.39. The fraction of sp³-hybridized carbons (Fsp3) is 0.250. The van der Waals surface area contributed by atoms with Crippen LogP contribution in [0.2, 0.25) is 5.15 Å². The van der Waals surface area contributed by atoms with Crippen LogP contribution in [0.25, 0.3) is 11.0 Å². The lowest BCUT2D eigenvalue weighted by Gasteiger charge is -2.12. The summed E-state index contributed by atoms with van der Waals surface area (Å²) in [4.78, 5) is 10.0. The van der Waals surface area contributed by atoms with Gasteiger partial charge in [-0.2, -0.15) is 8.78 Å². The average Bonchev–Trinajstić information content (AvgIpc) is 2.63. The maximum absolute atomic E-state index is 13.4. The second-order valence-electron chi connectivity index (χ2n) is 3.00. The summed E-state index contributed by atoms with van der Waals surface area (Å²) < 4.78 is 26.7. The molecule has 0 fully saturated rings. The largest absolute Gasteiger partial charge is 0.345 e. The first-order valence-corrected chi connectivity index (χ1v) is 4.50. The fourth-order valence-corrected chi connectivity index (χ4v) is 1.56. The molecule has 0 atom stereocenters. The number of hydrogen-bond acceptors (Lipinski definition) is 3. The Balaban J connectivity index is 2.73. The molecular formula is C8H7ClF2N4. The van der Waals surface area contributed by atoms with Crippen molar-refractivity contribution in [3.8, 4) is 0 Å². The third kappa shape index (κ3) is 1.55. The minimum Gasteiger partial charge on any atom is -0.345 e. The average molecular weight is 233 g/mol. The molecule has 0 aliphatic heterocycles. The Bertz CT molecular complexity index is 496. The van der Waals surface area contributed by atoms with E-state index in [-0.39, 0.29) is 21.7 Å². The number of nitrogens with two attached hydrogens (primary N) is 1. The highest BCUT2D eigenvalue weighted by molar-refractivity contribution is 6.34. The predicted octanol–water partition coefficient (Wildman–Crippen LogP) is 1.66. The van der Waals surface area contributed by atoms with E-state index in [1.54, 1.807) is 0 Å². The van der Waals surface area contributed by atoms with Crippen LogP contribution in [0, 0.1) is 0 Å². The van der Waals surface area contributed by atoms with Gasteiger partial charge in [0.05, 0.1) is 17.5 Å². The van der Waals surface area contributed by atoms with Crippen molar-refractivity contribution in [3.05, 3.63) is 23.2 Å². The Morgan fingerprint density at radius 2 is 2.20 bits per heavy atom. The van der Waals surface area contributed by atoms with Crippen LogP contribution in [0.5, 0.6) is 0 Å². The van der Waals surface area contributed by atoms with Gasteiger partial charge < -0.3 is 10.7 Å². The molecule has 0 radical (unpaired) electrons. The molecule has 7 heteroatoms. The lowest BCUT2D eigenvalue weighted by molar-refractivity contribution is 0.00753. The number of aromatic nitrogens is 3. The van der Waals surface area contributed by atoms with E-state index in [2.05, 4.69) is 15.0 Å². The van der Waals surface area contributed by atoms with Crippen molar-refractivity contribution in [2.75, 3.05) is 6.54 Å². The Morgan fingerprint density at radius 3 is 2.87 bits per heavy atom. The Morgan fingerprint density at radius 1 is 1.47 bits per heavy atom. The highest BCUT2D eigenvalue weighted by Crippen LogP contribution is 2.34. The molecule has 2 heterocycles. The van der Waals surface area contributed by atoms with E-state index in [4.69, 9.17) is 17.3 Å². The van der Waals surface area contributed by atoms with Crippen LogP contribution in [-0.4, -0.2) is 21.5 Å². The van der Waals surface area contributed by atoms with Gasteiger partial charge in [0.1, 0.15) is 17.1 Å². The molecule has 0 saturated heterocycles. The van der Waals surface area contributed by atoms with Crippen LogP contribution in [0.3, 0.4) is 0 Å². The lowest BCUT2D eigenvalue weighted by atomic mass is 10.1. The van der Waals surface area contributed by atoms with Gasteiger partial charge >= 0.3 is 0 Å². The summed E-state index contributed by atoms with van der Waals surface area (Å²) in [5, 5.41) is 0.110. The zero-order valence-electron chi connectivity index (χ0n) is 7.47. The zero-order chi connectivity index (χ0) is 11.1. The van der Waals surface area contributed by atoms with Crippen LogP contribution in [0.15, 0.2) is 12.5 Å². The molecule has 2 rings (SSSR count). The number of halogens is 3. The second-order valence-corrected chi connectivity index (χ2v) is 3.36. The smallest absolute Gasteiger partial charge is 0.287 e. The molecular weight excluding hydrogens is 226 g/mol. The highest BCUT2D eigenvalue weighted by Gasteiger charge is 2.33. The molecule has 0 amide bonds. The predicted molar refractivity (Wildman–Crippen MR) is 51.8 cm³/mol. The highest BCUT2D eigenvalue weighted by atomic mass is 35.5. The van der Waals surface area contributed by atoms with Gasteiger partial charge in [-0.15, -0.1) is 0 Å². The van der Waals surface area contributed by atoms with Gasteiger partial charge in [0.2, 0.25) is 0 Å². The first-order chi connectivity index (χ1) is 7.06. The van der Waals surface area contributed by atoms with Crippen molar-refractivity contribution in [2.24, 2.45) is 5.73 Å². The molecule has 3 N–H and O–H groups in total. The maximum atomic E-state index is 13.4. The van der Waals surface area contributed by atoms with Crippen molar-refractivity contribution in [3.63, 3.8) is 0 Å². The summed E-state index contributed by atoms with van der Waals surface area (Å²) >= 11 is 5.72. The molecule has 2 aromatic heterocycles. The van der Waals surface area contributed by atoms with Crippen LogP contribution < -0.4 is 5.73 Å². The number of H-pyrrole nitrogens is 1. The zero-order valence-corrected chi connectivity index (χ0v) is 8.22. The van der Waals surface area contributed by atoms with E-state index >= 15 is 0 Å². The van der Waals surface area contributed by atoms with Crippen molar-refractivity contribution in [2.45, 2.75) is 5.92 Å². The minimum atomic E-state index is -3.13. The van der Waals surface area contributed by atoms with Gasteiger partial charge in [0, 0.05) is 6.20 Å². The Hall–Kier alpha value is -1.27.